The molecule has 218 valence electrons. The number of oxime groups is 1. The van der Waals surface area contributed by atoms with E-state index in [2.05, 4.69) is 10.1 Å². The van der Waals surface area contributed by atoms with E-state index in [1.54, 1.807) is 17.7 Å². The van der Waals surface area contributed by atoms with Crippen molar-refractivity contribution in [3.05, 3.63) is 39.8 Å². The van der Waals surface area contributed by atoms with Gasteiger partial charge in [0.15, 0.2) is 0 Å². The first kappa shape index (κ1) is 29.7. The Balaban J connectivity index is 1.82. The van der Waals surface area contributed by atoms with E-state index >= 15 is 0 Å². The third-order valence-electron chi connectivity index (χ3n) is 7.40. The summed E-state index contributed by atoms with van der Waals surface area (Å²) in [5, 5.41) is 31.6. The van der Waals surface area contributed by atoms with Crippen molar-refractivity contribution >= 4 is 27.3 Å². The number of benzene rings is 1. The van der Waals surface area contributed by atoms with Gasteiger partial charge in [-0.15, -0.1) is 0 Å². The molecule has 4 rings (SSSR count). The van der Waals surface area contributed by atoms with Crippen LogP contribution < -0.4 is 10.3 Å². The molecule has 1 aliphatic heterocycles. The Morgan fingerprint density at radius 2 is 1.98 bits per heavy atom. The number of aliphatic hydroxyl groups excluding tert-OH is 2. The lowest BCUT2D eigenvalue weighted by Crippen LogP contribution is -2.41. The van der Waals surface area contributed by atoms with Crippen molar-refractivity contribution in [2.45, 2.75) is 57.0 Å². The van der Waals surface area contributed by atoms with Crippen LogP contribution in [0.2, 0.25) is 0 Å². The molecule has 0 spiro atoms. The van der Waals surface area contributed by atoms with E-state index in [4.69, 9.17) is 9.72 Å². The van der Waals surface area contributed by atoms with Crippen molar-refractivity contribution in [1.82, 2.24) is 18.8 Å². The molecule has 0 aliphatic carbocycles. The average molecular weight is 576 g/mol. The minimum absolute atomic E-state index is 0.0326. The molecule has 12 nitrogen and oxygen atoms in total. The number of rotatable bonds is 11. The summed E-state index contributed by atoms with van der Waals surface area (Å²) in [5.74, 6) is 0.390. The van der Waals surface area contributed by atoms with Gasteiger partial charge in [-0.3, -0.25) is 4.79 Å². The maximum absolute atomic E-state index is 13.6. The molecule has 4 N–H and O–H groups in total. The van der Waals surface area contributed by atoms with Crippen LogP contribution in [0, 0.1) is 5.92 Å². The topological polar surface area (TPSA) is 170 Å². The Hall–Kier alpha value is -3.26. The molecule has 3 heterocycles. The molecule has 1 aromatic carbocycles. The Bertz CT molecular complexity index is 1540. The highest BCUT2D eigenvalue weighted by atomic mass is 32.2. The number of aromatic amines is 1. The van der Waals surface area contributed by atoms with Gasteiger partial charge in [0.2, 0.25) is 10.0 Å². The predicted molar refractivity (Wildman–Crippen MR) is 151 cm³/mol. The Kier molecular flexibility index (Phi) is 9.29. The number of aromatic nitrogens is 3. The number of hydrogen-bond acceptors (Lipinski definition) is 9. The second-order valence-electron chi connectivity index (χ2n) is 10.0. The Morgan fingerprint density at radius 3 is 2.60 bits per heavy atom. The predicted octanol–water partition coefficient (Wildman–Crippen LogP) is 2.23. The van der Waals surface area contributed by atoms with Crippen LogP contribution in [0.25, 0.3) is 22.4 Å². The van der Waals surface area contributed by atoms with Crippen molar-refractivity contribution in [2.24, 2.45) is 18.1 Å². The summed E-state index contributed by atoms with van der Waals surface area (Å²) >= 11 is 0. The number of nitrogens with one attached hydrogen (secondary N) is 1. The van der Waals surface area contributed by atoms with E-state index in [1.165, 1.54) is 22.7 Å². The maximum atomic E-state index is 13.6. The van der Waals surface area contributed by atoms with Crippen LogP contribution >= 0.6 is 0 Å². The molecule has 0 saturated carbocycles. The molecule has 2 aromatic heterocycles. The average Bonchev–Trinajstić information content (AvgIpc) is 3.22. The lowest BCUT2D eigenvalue weighted by molar-refractivity contribution is 0.0278. The van der Waals surface area contributed by atoms with Gasteiger partial charge in [-0.05, 0) is 49.8 Å². The van der Waals surface area contributed by atoms with Crippen molar-refractivity contribution < 1.29 is 28.6 Å². The van der Waals surface area contributed by atoms with Gasteiger partial charge in [-0.25, -0.2) is 13.4 Å². The Labute approximate surface area is 233 Å². The number of sulfonamides is 1. The summed E-state index contributed by atoms with van der Waals surface area (Å²) in [6.07, 6.45) is 3.35. The first-order chi connectivity index (χ1) is 19.2. The van der Waals surface area contributed by atoms with Crippen LogP contribution in [-0.2, 0) is 23.5 Å². The number of fused-ring (bicyclic) bond motifs is 1. The Morgan fingerprint density at radius 1 is 1.25 bits per heavy atom. The van der Waals surface area contributed by atoms with Crippen LogP contribution in [-0.4, -0.2) is 81.3 Å². The lowest BCUT2D eigenvalue weighted by Gasteiger charge is -2.33. The number of nitrogens with zero attached hydrogens (tertiary/aromatic N) is 4. The second-order valence-corrected chi connectivity index (χ2v) is 12.0. The van der Waals surface area contributed by atoms with Gasteiger partial charge in [-0.1, -0.05) is 25.4 Å². The van der Waals surface area contributed by atoms with Gasteiger partial charge >= 0.3 is 0 Å². The number of ether oxygens (including phenoxy) is 1. The zero-order valence-electron chi connectivity index (χ0n) is 23.0. The van der Waals surface area contributed by atoms with Crippen molar-refractivity contribution in [1.29, 1.82) is 0 Å². The summed E-state index contributed by atoms with van der Waals surface area (Å²) in [4.78, 5) is 20.9. The fourth-order valence-electron chi connectivity index (χ4n) is 5.27. The van der Waals surface area contributed by atoms with Gasteiger partial charge in [0.05, 0.1) is 41.7 Å². The molecule has 1 aliphatic rings. The number of hydrogen-bond donors (Lipinski definition) is 4. The van der Waals surface area contributed by atoms with E-state index in [1.807, 2.05) is 13.8 Å². The van der Waals surface area contributed by atoms with Crippen molar-refractivity contribution in [2.75, 3.05) is 26.3 Å². The van der Waals surface area contributed by atoms with Crippen molar-refractivity contribution in [3.63, 3.8) is 0 Å². The number of H-pyrrole nitrogens is 1. The van der Waals surface area contributed by atoms with E-state index in [9.17, 15) is 28.6 Å². The third kappa shape index (κ3) is 5.64. The van der Waals surface area contributed by atoms with Crippen molar-refractivity contribution in [3.8, 4) is 17.1 Å². The van der Waals surface area contributed by atoms with Crippen LogP contribution in [0.1, 0.15) is 50.8 Å². The molecule has 0 bridgehead atoms. The van der Waals surface area contributed by atoms with Crippen LogP contribution in [0.3, 0.4) is 0 Å². The van der Waals surface area contributed by atoms with Gasteiger partial charge in [0, 0.05) is 25.7 Å². The molecular formula is C27H37N5O7S. The van der Waals surface area contributed by atoms with Crippen LogP contribution in [0.15, 0.2) is 33.0 Å². The van der Waals surface area contributed by atoms with Crippen LogP contribution in [0.4, 0.5) is 0 Å². The smallest absolute Gasteiger partial charge is 0.275 e. The highest BCUT2D eigenvalue weighted by Gasteiger charge is 2.32. The summed E-state index contributed by atoms with van der Waals surface area (Å²) in [5.41, 5.74) is 1.98. The number of aryl methyl sites for hydroxylation is 2. The molecule has 0 amide bonds. The monoisotopic (exact) mass is 575 g/mol. The van der Waals surface area contributed by atoms with E-state index in [0.717, 1.165) is 18.4 Å². The highest BCUT2D eigenvalue weighted by Crippen LogP contribution is 2.34. The zero-order chi connectivity index (χ0) is 29.0. The van der Waals surface area contributed by atoms with Crippen LogP contribution in [0.5, 0.6) is 5.75 Å². The molecule has 0 radical (unpaired) electrons. The standard InChI is InChI=1S/C27H37N5O7S/c1-4-6-19-21(15-28-36)31(3)25-24(19)29-26(30-27(25)35)20-14-18(7-8-23(20)39-13-5-2)40(37,38)32-11-9-17(10-12-32)22(34)16-33/h7-8,14-15,17,22,33-34,36H,4-6,9-13,16H2,1-3H3,(H,29,30,35)/b28-15+. The van der Waals surface area contributed by atoms with E-state index in [-0.39, 0.29) is 36.3 Å². The first-order valence-corrected chi connectivity index (χ1v) is 15.0. The number of aliphatic hydroxyl groups is 2. The van der Waals surface area contributed by atoms with E-state index in [0.29, 0.717) is 53.9 Å². The fourth-order valence-corrected chi connectivity index (χ4v) is 6.76. The normalized spacial score (nSPS) is 16.2. The largest absolute Gasteiger partial charge is 0.493 e. The fraction of sp³-hybridized carbons (Fsp3) is 0.519. The molecule has 13 heteroatoms. The zero-order valence-corrected chi connectivity index (χ0v) is 23.8. The maximum Gasteiger partial charge on any atom is 0.275 e. The summed E-state index contributed by atoms with van der Waals surface area (Å²) in [6.45, 7) is 4.40. The number of piperidine rings is 1. The molecule has 40 heavy (non-hydrogen) atoms. The van der Waals surface area contributed by atoms with Gasteiger partial charge in [-0.2, -0.15) is 4.31 Å². The minimum atomic E-state index is -3.90. The minimum Gasteiger partial charge on any atom is -0.493 e. The SMILES string of the molecule is CCCOc1ccc(S(=O)(=O)N2CCC(C(O)CO)CC2)cc1-c1nc2c(CCC)c(/C=N/O)n(C)c2c(=O)[nH]1. The first-order valence-electron chi connectivity index (χ1n) is 13.5. The summed E-state index contributed by atoms with van der Waals surface area (Å²) in [7, 11) is -2.21. The molecular weight excluding hydrogens is 538 g/mol. The van der Waals surface area contributed by atoms with Gasteiger partial charge < -0.3 is 29.7 Å². The molecule has 3 aromatic rings. The summed E-state index contributed by atoms with van der Waals surface area (Å²) < 4.78 is 36.2. The molecule has 1 atom stereocenters. The quantitative estimate of drug-likeness (QED) is 0.153. The third-order valence-corrected chi connectivity index (χ3v) is 9.30. The highest BCUT2D eigenvalue weighted by molar-refractivity contribution is 7.89. The summed E-state index contributed by atoms with van der Waals surface area (Å²) in [6, 6.07) is 4.53. The molecule has 1 fully saturated rings. The lowest BCUT2D eigenvalue weighted by atomic mass is 9.93. The van der Waals surface area contributed by atoms with Gasteiger partial charge in [0.25, 0.3) is 5.56 Å². The second kappa shape index (κ2) is 12.5. The van der Waals surface area contributed by atoms with Gasteiger partial charge in [0.1, 0.15) is 22.6 Å². The van der Waals surface area contributed by atoms with E-state index < -0.39 is 21.7 Å². The molecule has 1 unspecified atom stereocenters. The molecule has 1 saturated heterocycles.